The lowest BCUT2D eigenvalue weighted by Crippen LogP contribution is -2.22. The van der Waals surface area contributed by atoms with Crippen molar-refractivity contribution < 1.29 is 14.7 Å². The average Bonchev–Trinajstić information content (AvgIpc) is 2.50. The van der Waals surface area contributed by atoms with E-state index >= 15 is 0 Å². The summed E-state index contributed by atoms with van der Waals surface area (Å²) in [6, 6.07) is 6.67. The number of Topliss-reactive ketones (excluding diaryl/α,β-unsaturated/α-hetero) is 2. The summed E-state index contributed by atoms with van der Waals surface area (Å²) in [6.07, 6.45) is 7.40. The molecule has 0 saturated heterocycles. The fraction of sp³-hybridized carbons (Fsp3) is 0.400. The molecule has 0 aliphatic heterocycles. The molecule has 3 heteroatoms. The summed E-state index contributed by atoms with van der Waals surface area (Å²) >= 11 is 0. The van der Waals surface area contributed by atoms with Crippen molar-refractivity contribution in [1.82, 2.24) is 0 Å². The molecule has 0 bridgehead atoms. The second-order valence-corrected chi connectivity index (χ2v) is 7.05. The zero-order valence-electron chi connectivity index (χ0n) is 14.1. The lowest BCUT2D eigenvalue weighted by atomic mass is 9.86. The second kappa shape index (κ2) is 6.95. The molecule has 0 spiro atoms. The minimum Gasteiger partial charge on any atom is -0.504 e. The Labute approximate surface area is 137 Å². The lowest BCUT2D eigenvalue weighted by molar-refractivity contribution is 0.0926. The van der Waals surface area contributed by atoms with Gasteiger partial charge in [-0.1, -0.05) is 57.2 Å². The van der Waals surface area contributed by atoms with Gasteiger partial charge in [-0.25, -0.2) is 0 Å². The van der Waals surface area contributed by atoms with E-state index in [4.69, 9.17) is 0 Å². The second-order valence-electron chi connectivity index (χ2n) is 7.05. The van der Waals surface area contributed by atoms with E-state index in [1.807, 2.05) is 0 Å². The van der Waals surface area contributed by atoms with E-state index in [1.54, 1.807) is 24.3 Å². The topological polar surface area (TPSA) is 54.4 Å². The van der Waals surface area contributed by atoms with Crippen LogP contribution in [-0.4, -0.2) is 16.7 Å². The van der Waals surface area contributed by atoms with Crippen molar-refractivity contribution in [2.24, 2.45) is 5.41 Å². The number of hydrogen-bond donors (Lipinski definition) is 1. The number of aliphatic hydroxyl groups excluding tert-OH is 1. The maximum absolute atomic E-state index is 12.4. The summed E-state index contributed by atoms with van der Waals surface area (Å²) in [5.74, 6) is -1.04. The van der Waals surface area contributed by atoms with Gasteiger partial charge in [0.2, 0.25) is 5.78 Å². The Balaban J connectivity index is 1.98. The summed E-state index contributed by atoms with van der Waals surface area (Å²) in [6.45, 7) is 6.45. The number of ketones is 2. The zero-order chi connectivity index (χ0) is 17.0. The molecule has 122 valence electrons. The van der Waals surface area contributed by atoms with E-state index < -0.39 is 5.78 Å². The maximum Gasteiger partial charge on any atom is 0.228 e. The van der Waals surface area contributed by atoms with Crippen LogP contribution in [0.4, 0.5) is 0 Å². The van der Waals surface area contributed by atoms with Crippen LogP contribution < -0.4 is 0 Å². The largest absolute Gasteiger partial charge is 0.504 e. The monoisotopic (exact) mass is 312 g/mol. The number of allylic oxidation sites excluding steroid dienone is 4. The molecule has 2 rings (SSSR count). The Morgan fingerprint density at radius 1 is 1.00 bits per heavy atom. The fourth-order valence-corrected chi connectivity index (χ4v) is 2.65. The highest BCUT2D eigenvalue weighted by atomic mass is 16.3. The van der Waals surface area contributed by atoms with Crippen molar-refractivity contribution >= 4 is 11.6 Å². The summed E-state index contributed by atoms with van der Waals surface area (Å²) in [5.41, 5.74) is 1.13. The number of aliphatic hydroxyl groups is 1. The highest BCUT2D eigenvalue weighted by Crippen LogP contribution is 2.28. The van der Waals surface area contributed by atoms with Crippen molar-refractivity contribution in [3.63, 3.8) is 0 Å². The van der Waals surface area contributed by atoms with E-state index in [-0.39, 0.29) is 22.5 Å². The van der Waals surface area contributed by atoms with Crippen LogP contribution in [0.15, 0.2) is 47.7 Å². The Morgan fingerprint density at radius 3 is 2.22 bits per heavy atom. The third-order valence-electron chi connectivity index (χ3n) is 3.86. The van der Waals surface area contributed by atoms with E-state index in [1.165, 1.54) is 0 Å². The number of carbonyl (C=O) groups is 2. The van der Waals surface area contributed by atoms with Gasteiger partial charge in [-0.2, -0.15) is 0 Å². The van der Waals surface area contributed by atoms with Gasteiger partial charge < -0.3 is 5.11 Å². The Bertz CT molecular complexity index is 672. The molecule has 1 aromatic carbocycles. The van der Waals surface area contributed by atoms with Crippen molar-refractivity contribution in [3.8, 4) is 0 Å². The summed E-state index contributed by atoms with van der Waals surface area (Å²) in [5, 5.41) is 10.1. The molecular formula is C20H24O3. The molecule has 0 radical (unpaired) electrons. The van der Waals surface area contributed by atoms with Gasteiger partial charge in [0.1, 0.15) is 0 Å². The number of benzene rings is 1. The van der Waals surface area contributed by atoms with E-state index in [9.17, 15) is 14.7 Å². The molecule has 0 unspecified atom stereocenters. The van der Waals surface area contributed by atoms with Crippen molar-refractivity contribution in [3.05, 3.63) is 58.9 Å². The molecule has 0 fully saturated rings. The Kier molecular flexibility index (Phi) is 5.19. The average molecular weight is 312 g/mol. The molecule has 0 aromatic heterocycles. The number of hydrogen-bond acceptors (Lipinski definition) is 3. The molecule has 1 aliphatic rings. The normalized spacial score (nSPS) is 15.4. The van der Waals surface area contributed by atoms with Gasteiger partial charge in [-0.3, -0.25) is 9.59 Å². The van der Waals surface area contributed by atoms with Crippen LogP contribution in [0.3, 0.4) is 0 Å². The van der Waals surface area contributed by atoms with Crippen LogP contribution in [0, 0.1) is 5.41 Å². The van der Waals surface area contributed by atoms with Gasteiger partial charge in [-0.15, -0.1) is 0 Å². The number of fused-ring (bicyclic) bond motifs is 1. The van der Waals surface area contributed by atoms with Gasteiger partial charge in [-0.05, 0) is 31.1 Å². The van der Waals surface area contributed by atoms with E-state index in [2.05, 4.69) is 32.9 Å². The van der Waals surface area contributed by atoms with Gasteiger partial charge in [0.15, 0.2) is 11.5 Å². The molecule has 0 atom stereocenters. The van der Waals surface area contributed by atoms with Crippen LogP contribution in [0.2, 0.25) is 0 Å². The quantitative estimate of drug-likeness (QED) is 0.612. The van der Waals surface area contributed by atoms with Crippen LogP contribution in [-0.2, 0) is 0 Å². The maximum atomic E-state index is 12.4. The van der Waals surface area contributed by atoms with Crippen LogP contribution >= 0.6 is 0 Å². The Hall–Kier alpha value is -2.16. The third-order valence-corrected chi connectivity index (χ3v) is 3.86. The highest BCUT2D eigenvalue weighted by molar-refractivity contribution is 6.25. The first-order valence-corrected chi connectivity index (χ1v) is 8.09. The molecule has 3 nitrogen and oxygen atoms in total. The third kappa shape index (κ3) is 4.19. The summed E-state index contributed by atoms with van der Waals surface area (Å²) < 4.78 is 0. The summed E-state index contributed by atoms with van der Waals surface area (Å²) in [4.78, 5) is 24.6. The van der Waals surface area contributed by atoms with Crippen molar-refractivity contribution in [2.45, 2.75) is 46.5 Å². The predicted octanol–water partition coefficient (Wildman–Crippen LogP) is 5.04. The van der Waals surface area contributed by atoms with E-state index in [0.717, 1.165) is 19.3 Å². The minimum absolute atomic E-state index is 0.177. The molecule has 1 aromatic rings. The smallest absolute Gasteiger partial charge is 0.228 e. The van der Waals surface area contributed by atoms with Crippen LogP contribution in [0.1, 0.15) is 67.2 Å². The van der Waals surface area contributed by atoms with E-state index in [0.29, 0.717) is 17.5 Å². The molecule has 0 amide bonds. The predicted molar refractivity (Wildman–Crippen MR) is 91.8 cm³/mol. The lowest BCUT2D eigenvalue weighted by Gasteiger charge is -2.17. The number of rotatable bonds is 5. The molecule has 0 saturated carbocycles. The van der Waals surface area contributed by atoms with Crippen LogP contribution in [0.5, 0.6) is 0 Å². The minimum atomic E-state index is -0.442. The standard InChI is InChI=1S/C20H24O3/c1-20(2,3)13-9-5-4-6-12-16-17(21)14-10-7-8-11-15(14)18(22)19(16)23/h7-11,13,23H,4-6,12H2,1-3H3/b13-9+. The molecular weight excluding hydrogens is 288 g/mol. The first-order chi connectivity index (χ1) is 10.8. The van der Waals surface area contributed by atoms with Gasteiger partial charge in [0.05, 0.1) is 0 Å². The Morgan fingerprint density at radius 2 is 1.61 bits per heavy atom. The first kappa shape index (κ1) is 17.2. The van der Waals surface area contributed by atoms with Crippen molar-refractivity contribution in [1.29, 1.82) is 0 Å². The highest BCUT2D eigenvalue weighted by Gasteiger charge is 2.31. The van der Waals surface area contributed by atoms with Gasteiger partial charge in [0, 0.05) is 16.7 Å². The van der Waals surface area contributed by atoms with Crippen LogP contribution in [0.25, 0.3) is 0 Å². The van der Waals surface area contributed by atoms with Gasteiger partial charge in [0.25, 0.3) is 0 Å². The number of unbranched alkanes of at least 4 members (excludes halogenated alkanes) is 2. The number of carbonyl (C=O) groups excluding carboxylic acids is 2. The SMILES string of the molecule is CC(C)(C)/C=C/CCCCC1=C(O)C(=O)c2ccccc2C1=O. The molecule has 1 N–H and O–H groups in total. The summed E-state index contributed by atoms with van der Waals surface area (Å²) in [7, 11) is 0. The van der Waals surface area contributed by atoms with Crippen molar-refractivity contribution in [2.75, 3.05) is 0 Å². The first-order valence-electron chi connectivity index (χ1n) is 8.09. The van der Waals surface area contributed by atoms with Gasteiger partial charge >= 0.3 is 0 Å². The zero-order valence-corrected chi connectivity index (χ0v) is 14.1. The molecule has 23 heavy (non-hydrogen) atoms. The molecule has 1 aliphatic carbocycles. The fourth-order valence-electron chi connectivity index (χ4n) is 2.65. The molecule has 0 heterocycles.